The van der Waals surface area contributed by atoms with Gasteiger partial charge in [-0.1, -0.05) is 31.9 Å². The van der Waals surface area contributed by atoms with Crippen molar-refractivity contribution in [3.63, 3.8) is 0 Å². The molecule has 0 aliphatic heterocycles. The predicted octanol–water partition coefficient (Wildman–Crippen LogP) is 3.50. The third kappa shape index (κ3) is 1.86. The topological polar surface area (TPSA) is 17.3 Å². The monoisotopic (exact) mass is 222 g/mol. The summed E-state index contributed by atoms with van der Waals surface area (Å²) < 4.78 is 2.10. The Morgan fingerprint density at radius 3 is 2.80 bits per heavy atom. The summed E-state index contributed by atoms with van der Waals surface area (Å²) in [5, 5.41) is 0.762. The van der Waals surface area contributed by atoms with Crippen LogP contribution in [-0.2, 0) is 12.8 Å². The van der Waals surface area contributed by atoms with E-state index in [2.05, 4.69) is 23.2 Å². The van der Waals surface area contributed by atoms with E-state index in [0.717, 1.165) is 29.9 Å². The zero-order valence-electron chi connectivity index (χ0n) is 9.13. The van der Waals surface area contributed by atoms with E-state index >= 15 is 0 Å². The highest BCUT2D eigenvalue weighted by Gasteiger charge is 2.09. The smallest absolute Gasteiger partial charge is 0.137 e. The van der Waals surface area contributed by atoms with Crippen LogP contribution in [0.15, 0.2) is 18.3 Å². The fraction of sp³-hybridized carbons (Fsp3) is 0.417. The largest absolute Gasteiger partial charge is 0.302 e. The van der Waals surface area contributed by atoms with Gasteiger partial charge in [-0.25, -0.2) is 4.98 Å². The Bertz CT molecular complexity index is 474. The number of fused-ring (bicyclic) bond motifs is 1. The second-order valence-electron chi connectivity index (χ2n) is 3.68. The van der Waals surface area contributed by atoms with Crippen molar-refractivity contribution < 1.29 is 0 Å². The molecule has 0 aromatic carbocycles. The summed E-state index contributed by atoms with van der Waals surface area (Å²) in [6, 6.07) is 3.86. The van der Waals surface area contributed by atoms with E-state index in [0.29, 0.717) is 0 Å². The summed E-state index contributed by atoms with van der Waals surface area (Å²) >= 11 is 5.99. The Morgan fingerprint density at radius 2 is 2.13 bits per heavy atom. The van der Waals surface area contributed by atoms with Crippen LogP contribution >= 0.6 is 11.6 Å². The second-order valence-corrected chi connectivity index (χ2v) is 4.12. The molecule has 0 saturated carbocycles. The molecule has 2 aromatic heterocycles. The molecule has 0 N–H and O–H groups in total. The van der Waals surface area contributed by atoms with Crippen molar-refractivity contribution in [2.24, 2.45) is 0 Å². The van der Waals surface area contributed by atoms with Gasteiger partial charge in [0.2, 0.25) is 0 Å². The summed E-state index contributed by atoms with van der Waals surface area (Å²) in [6.07, 6.45) is 5.12. The average Bonchev–Trinajstić information content (AvgIpc) is 2.55. The van der Waals surface area contributed by atoms with Gasteiger partial charge in [-0.3, -0.25) is 0 Å². The number of pyridine rings is 1. The van der Waals surface area contributed by atoms with Crippen molar-refractivity contribution in [1.82, 2.24) is 9.38 Å². The molecule has 0 radical (unpaired) electrons. The van der Waals surface area contributed by atoms with Crippen LogP contribution in [0.3, 0.4) is 0 Å². The molecule has 0 amide bonds. The molecular weight excluding hydrogens is 208 g/mol. The van der Waals surface area contributed by atoms with Crippen molar-refractivity contribution in [3.05, 3.63) is 34.7 Å². The van der Waals surface area contributed by atoms with E-state index in [1.54, 1.807) is 0 Å². The van der Waals surface area contributed by atoms with Crippen molar-refractivity contribution in [3.8, 4) is 0 Å². The Labute approximate surface area is 94.9 Å². The third-order valence-electron chi connectivity index (χ3n) is 2.59. The zero-order chi connectivity index (χ0) is 10.8. The summed E-state index contributed by atoms with van der Waals surface area (Å²) in [4.78, 5) is 4.62. The summed E-state index contributed by atoms with van der Waals surface area (Å²) in [5.41, 5.74) is 3.50. The molecule has 15 heavy (non-hydrogen) atoms. The minimum atomic E-state index is 0.762. The standard InChI is InChI=1S/C12H15ClN2/c1-3-5-10-11(4-2)15-8-9(13)6-7-12(15)14-10/h6-8H,3-5H2,1-2H3. The molecule has 0 atom stereocenters. The number of hydrogen-bond donors (Lipinski definition) is 0. The zero-order valence-corrected chi connectivity index (χ0v) is 9.88. The first kappa shape index (κ1) is 10.5. The van der Waals surface area contributed by atoms with Gasteiger partial charge in [0.05, 0.1) is 10.7 Å². The molecule has 0 aliphatic rings. The Kier molecular flexibility index (Phi) is 2.96. The summed E-state index contributed by atoms with van der Waals surface area (Å²) in [6.45, 7) is 4.33. The van der Waals surface area contributed by atoms with Crippen molar-refractivity contribution >= 4 is 17.2 Å². The van der Waals surface area contributed by atoms with Crippen LogP contribution in [-0.4, -0.2) is 9.38 Å². The van der Waals surface area contributed by atoms with Gasteiger partial charge in [0.15, 0.2) is 0 Å². The first-order chi connectivity index (χ1) is 7.26. The fourth-order valence-corrected chi connectivity index (χ4v) is 2.09. The molecule has 2 nitrogen and oxygen atoms in total. The van der Waals surface area contributed by atoms with Crippen LogP contribution in [0.1, 0.15) is 31.7 Å². The van der Waals surface area contributed by atoms with Crippen LogP contribution in [0.25, 0.3) is 5.65 Å². The predicted molar refractivity (Wildman–Crippen MR) is 63.6 cm³/mol. The number of imidazole rings is 1. The summed E-state index contributed by atoms with van der Waals surface area (Å²) in [7, 11) is 0. The van der Waals surface area contributed by atoms with Gasteiger partial charge >= 0.3 is 0 Å². The number of aromatic nitrogens is 2. The maximum absolute atomic E-state index is 5.99. The number of aryl methyl sites for hydroxylation is 2. The molecule has 0 aliphatic carbocycles. The molecule has 0 saturated heterocycles. The van der Waals surface area contributed by atoms with E-state index in [1.807, 2.05) is 18.3 Å². The molecule has 0 unspecified atom stereocenters. The number of hydrogen-bond acceptors (Lipinski definition) is 1. The van der Waals surface area contributed by atoms with Crippen LogP contribution in [0, 0.1) is 0 Å². The van der Waals surface area contributed by atoms with E-state index in [-0.39, 0.29) is 0 Å². The van der Waals surface area contributed by atoms with Crippen molar-refractivity contribution in [2.45, 2.75) is 33.1 Å². The first-order valence-electron chi connectivity index (χ1n) is 5.41. The minimum absolute atomic E-state index is 0.762. The van der Waals surface area contributed by atoms with Gasteiger partial charge in [-0.05, 0) is 25.0 Å². The summed E-state index contributed by atoms with van der Waals surface area (Å²) in [5.74, 6) is 0. The van der Waals surface area contributed by atoms with Crippen molar-refractivity contribution in [1.29, 1.82) is 0 Å². The molecule has 3 heteroatoms. The van der Waals surface area contributed by atoms with E-state index in [1.165, 1.54) is 11.4 Å². The molecule has 0 bridgehead atoms. The van der Waals surface area contributed by atoms with Crippen molar-refractivity contribution in [2.75, 3.05) is 0 Å². The average molecular weight is 223 g/mol. The van der Waals surface area contributed by atoms with Crippen LogP contribution in [0.5, 0.6) is 0 Å². The molecular formula is C12H15ClN2. The Balaban J connectivity index is 2.63. The molecule has 2 aromatic rings. The molecule has 80 valence electrons. The second kappa shape index (κ2) is 4.23. The highest BCUT2D eigenvalue weighted by molar-refractivity contribution is 6.30. The number of rotatable bonds is 3. The number of nitrogens with zero attached hydrogens (tertiary/aromatic N) is 2. The lowest BCUT2D eigenvalue weighted by atomic mass is 10.2. The third-order valence-corrected chi connectivity index (χ3v) is 2.81. The van der Waals surface area contributed by atoms with Crippen LogP contribution < -0.4 is 0 Å². The van der Waals surface area contributed by atoms with Gasteiger partial charge in [-0.2, -0.15) is 0 Å². The van der Waals surface area contributed by atoms with Crippen LogP contribution in [0.2, 0.25) is 5.02 Å². The highest BCUT2D eigenvalue weighted by atomic mass is 35.5. The SMILES string of the molecule is CCCc1nc2ccc(Cl)cn2c1CC. The molecule has 2 rings (SSSR count). The molecule has 0 fully saturated rings. The van der Waals surface area contributed by atoms with Gasteiger partial charge in [0, 0.05) is 11.9 Å². The lowest BCUT2D eigenvalue weighted by Crippen LogP contribution is -1.94. The van der Waals surface area contributed by atoms with E-state index in [9.17, 15) is 0 Å². The van der Waals surface area contributed by atoms with E-state index < -0.39 is 0 Å². The van der Waals surface area contributed by atoms with Gasteiger partial charge < -0.3 is 4.40 Å². The lowest BCUT2D eigenvalue weighted by Gasteiger charge is -2.00. The lowest BCUT2D eigenvalue weighted by molar-refractivity contribution is 0.860. The molecule has 2 heterocycles. The van der Waals surface area contributed by atoms with Crippen LogP contribution in [0.4, 0.5) is 0 Å². The highest BCUT2D eigenvalue weighted by Crippen LogP contribution is 2.18. The van der Waals surface area contributed by atoms with E-state index in [4.69, 9.17) is 11.6 Å². The van der Waals surface area contributed by atoms with Gasteiger partial charge in [0.1, 0.15) is 5.65 Å². The first-order valence-corrected chi connectivity index (χ1v) is 5.79. The van der Waals surface area contributed by atoms with Gasteiger partial charge in [-0.15, -0.1) is 0 Å². The van der Waals surface area contributed by atoms with Gasteiger partial charge in [0.25, 0.3) is 0 Å². The molecule has 0 spiro atoms. The Hall–Kier alpha value is -1.02. The maximum atomic E-state index is 5.99. The Morgan fingerprint density at radius 1 is 1.33 bits per heavy atom. The minimum Gasteiger partial charge on any atom is -0.302 e. The fourth-order valence-electron chi connectivity index (χ4n) is 1.93. The quantitative estimate of drug-likeness (QED) is 0.777. The maximum Gasteiger partial charge on any atom is 0.137 e. The number of halogens is 1. The normalized spacial score (nSPS) is 11.1.